The number of halogens is 1. The van der Waals surface area contributed by atoms with E-state index in [2.05, 4.69) is 9.97 Å². The molecule has 0 saturated carbocycles. The minimum Gasteiger partial charge on any atom is -0.494 e. The molecule has 2 aromatic carbocycles. The van der Waals surface area contributed by atoms with Crippen LogP contribution in [0.1, 0.15) is 0 Å². The molecule has 0 aliphatic heterocycles. The first-order valence-corrected chi connectivity index (χ1v) is 7.02. The topological polar surface area (TPSA) is 59.9 Å². The van der Waals surface area contributed by atoms with E-state index < -0.39 is 5.82 Å². The number of nitrogens with one attached hydrogen (secondary N) is 1. The molecule has 4 aromatic rings. The number of benzene rings is 2. The third-order valence-corrected chi connectivity index (χ3v) is 3.76. The van der Waals surface area contributed by atoms with E-state index in [0.29, 0.717) is 16.9 Å². The van der Waals surface area contributed by atoms with Crippen LogP contribution in [0.15, 0.2) is 53.3 Å². The highest BCUT2D eigenvalue weighted by atomic mass is 19.1. The highest BCUT2D eigenvalue weighted by molar-refractivity contribution is 5.83. The molecular weight excluding hydrogens is 297 g/mol. The first kappa shape index (κ1) is 13.5. The van der Waals surface area contributed by atoms with Gasteiger partial charge in [-0.2, -0.15) is 0 Å². The molecule has 2 aromatic heterocycles. The second kappa shape index (κ2) is 4.95. The maximum absolute atomic E-state index is 13.9. The van der Waals surface area contributed by atoms with Gasteiger partial charge in [0.05, 0.1) is 23.7 Å². The van der Waals surface area contributed by atoms with E-state index in [9.17, 15) is 9.18 Å². The third-order valence-electron chi connectivity index (χ3n) is 3.76. The van der Waals surface area contributed by atoms with E-state index >= 15 is 0 Å². The Kier molecular flexibility index (Phi) is 2.90. The van der Waals surface area contributed by atoms with Crippen LogP contribution in [0.2, 0.25) is 0 Å². The molecule has 0 aliphatic carbocycles. The van der Waals surface area contributed by atoms with Crippen molar-refractivity contribution in [3.63, 3.8) is 0 Å². The molecule has 0 saturated heterocycles. The van der Waals surface area contributed by atoms with Crippen molar-refractivity contribution in [1.29, 1.82) is 0 Å². The lowest BCUT2D eigenvalue weighted by molar-refractivity contribution is 0.387. The molecular formula is C17H12FN3O2. The zero-order valence-corrected chi connectivity index (χ0v) is 12.2. The first-order chi connectivity index (χ1) is 11.2. The van der Waals surface area contributed by atoms with Gasteiger partial charge >= 0.3 is 0 Å². The fraction of sp³-hybridized carbons (Fsp3) is 0.0588. The largest absolute Gasteiger partial charge is 0.494 e. The number of methoxy groups -OCH3 is 1. The van der Waals surface area contributed by atoms with Crippen LogP contribution in [-0.4, -0.2) is 21.6 Å². The summed E-state index contributed by atoms with van der Waals surface area (Å²) in [5.41, 5.74) is 1.83. The Morgan fingerprint density at radius 2 is 2.00 bits per heavy atom. The van der Waals surface area contributed by atoms with Crippen LogP contribution >= 0.6 is 0 Å². The van der Waals surface area contributed by atoms with Crippen molar-refractivity contribution in [2.75, 3.05) is 7.11 Å². The van der Waals surface area contributed by atoms with Gasteiger partial charge < -0.3 is 9.72 Å². The molecule has 0 radical (unpaired) electrons. The maximum Gasteiger partial charge on any atom is 0.257 e. The fourth-order valence-corrected chi connectivity index (χ4v) is 2.66. The molecule has 0 bridgehead atoms. The molecule has 4 rings (SSSR count). The Morgan fingerprint density at radius 3 is 2.78 bits per heavy atom. The highest BCUT2D eigenvalue weighted by Crippen LogP contribution is 2.25. The maximum atomic E-state index is 13.9. The third kappa shape index (κ3) is 2.07. The normalized spacial score (nSPS) is 11.2. The van der Waals surface area contributed by atoms with E-state index in [4.69, 9.17) is 4.74 Å². The molecule has 1 N–H and O–H groups in total. The Labute approximate surface area is 130 Å². The summed E-state index contributed by atoms with van der Waals surface area (Å²) < 4.78 is 20.3. The molecule has 6 heteroatoms. The number of imidazole rings is 1. The predicted octanol–water partition coefficient (Wildman–Crippen LogP) is 3.01. The van der Waals surface area contributed by atoms with E-state index in [-0.39, 0.29) is 11.3 Å². The standard InChI is InChI=1S/C17H12FN3O2/c1-23-15-9-14-10(8-11(15)18)6-7-16(22)21(14)17-19-12-4-2-3-5-13(12)20-17/h2-9H,1H3,(H,19,20). The summed E-state index contributed by atoms with van der Waals surface area (Å²) in [6.07, 6.45) is 0. The van der Waals surface area contributed by atoms with Crippen LogP contribution in [0.4, 0.5) is 4.39 Å². The van der Waals surface area contributed by atoms with Crippen molar-refractivity contribution < 1.29 is 9.13 Å². The van der Waals surface area contributed by atoms with E-state index in [1.54, 1.807) is 6.07 Å². The van der Waals surface area contributed by atoms with Gasteiger partial charge in [0.25, 0.3) is 5.56 Å². The Morgan fingerprint density at radius 1 is 1.17 bits per heavy atom. The number of rotatable bonds is 2. The summed E-state index contributed by atoms with van der Waals surface area (Å²) in [5, 5.41) is 0.586. The molecule has 0 fully saturated rings. The Bertz CT molecular complexity index is 1070. The number of aromatic nitrogens is 3. The molecule has 2 heterocycles. The van der Waals surface area contributed by atoms with Gasteiger partial charge in [0.1, 0.15) is 0 Å². The van der Waals surface area contributed by atoms with Gasteiger partial charge in [-0.05, 0) is 24.3 Å². The number of fused-ring (bicyclic) bond motifs is 2. The second-order valence-electron chi connectivity index (χ2n) is 5.13. The van der Waals surface area contributed by atoms with Crippen LogP contribution < -0.4 is 10.3 Å². The van der Waals surface area contributed by atoms with E-state index in [1.165, 1.54) is 29.9 Å². The molecule has 23 heavy (non-hydrogen) atoms. The number of hydrogen-bond donors (Lipinski definition) is 1. The van der Waals surface area contributed by atoms with Crippen LogP contribution in [0.3, 0.4) is 0 Å². The van der Waals surface area contributed by atoms with E-state index in [0.717, 1.165) is 11.0 Å². The zero-order chi connectivity index (χ0) is 16.0. The van der Waals surface area contributed by atoms with Crippen LogP contribution in [0.5, 0.6) is 5.75 Å². The van der Waals surface area contributed by atoms with Crippen molar-refractivity contribution in [1.82, 2.24) is 14.5 Å². The lowest BCUT2D eigenvalue weighted by Gasteiger charge is -2.09. The van der Waals surface area contributed by atoms with E-state index in [1.807, 2.05) is 24.3 Å². The average molecular weight is 309 g/mol. The number of H-pyrrole nitrogens is 1. The predicted molar refractivity (Wildman–Crippen MR) is 85.7 cm³/mol. The van der Waals surface area contributed by atoms with Gasteiger partial charge in [-0.3, -0.25) is 4.79 Å². The SMILES string of the molecule is COc1cc2c(ccc(=O)n2-c2nc3ccccc3[nH]2)cc1F. The molecule has 0 atom stereocenters. The van der Waals surface area contributed by atoms with Crippen LogP contribution in [-0.2, 0) is 0 Å². The molecule has 114 valence electrons. The lowest BCUT2D eigenvalue weighted by Crippen LogP contribution is -2.18. The lowest BCUT2D eigenvalue weighted by atomic mass is 10.2. The van der Waals surface area contributed by atoms with Crippen molar-refractivity contribution >= 4 is 21.9 Å². The Hall–Kier alpha value is -3.15. The van der Waals surface area contributed by atoms with Crippen molar-refractivity contribution in [3.8, 4) is 11.7 Å². The second-order valence-corrected chi connectivity index (χ2v) is 5.13. The number of hydrogen-bond acceptors (Lipinski definition) is 3. The van der Waals surface area contributed by atoms with Gasteiger partial charge in [0.2, 0.25) is 5.95 Å². The fourth-order valence-electron chi connectivity index (χ4n) is 2.66. The zero-order valence-electron chi connectivity index (χ0n) is 12.2. The number of pyridine rings is 1. The molecule has 0 aliphatic rings. The first-order valence-electron chi connectivity index (χ1n) is 7.02. The molecule has 0 spiro atoms. The van der Waals surface area contributed by atoms with Gasteiger partial charge in [0.15, 0.2) is 11.6 Å². The smallest absolute Gasteiger partial charge is 0.257 e. The summed E-state index contributed by atoms with van der Waals surface area (Å²) in [5.74, 6) is -0.0155. The molecule has 0 unspecified atom stereocenters. The number of para-hydroxylation sites is 2. The summed E-state index contributed by atoms with van der Waals surface area (Å²) in [4.78, 5) is 19.9. The van der Waals surface area contributed by atoms with Gasteiger partial charge in [0, 0.05) is 17.5 Å². The molecule has 0 amide bonds. The Balaban J connectivity index is 2.08. The van der Waals surface area contributed by atoms with Gasteiger partial charge in [-0.1, -0.05) is 12.1 Å². The van der Waals surface area contributed by atoms with Crippen molar-refractivity contribution in [3.05, 3.63) is 64.7 Å². The van der Waals surface area contributed by atoms with Crippen LogP contribution in [0, 0.1) is 5.82 Å². The van der Waals surface area contributed by atoms with Crippen LogP contribution in [0.25, 0.3) is 27.9 Å². The highest BCUT2D eigenvalue weighted by Gasteiger charge is 2.13. The summed E-state index contributed by atoms with van der Waals surface area (Å²) in [6, 6.07) is 13.3. The quantitative estimate of drug-likeness (QED) is 0.619. The van der Waals surface area contributed by atoms with Gasteiger partial charge in [-0.25, -0.2) is 13.9 Å². The summed E-state index contributed by atoms with van der Waals surface area (Å²) in [6.45, 7) is 0. The molecule has 5 nitrogen and oxygen atoms in total. The average Bonchev–Trinajstić information content (AvgIpc) is 2.97. The summed E-state index contributed by atoms with van der Waals surface area (Å²) >= 11 is 0. The number of aromatic amines is 1. The van der Waals surface area contributed by atoms with Crippen molar-refractivity contribution in [2.45, 2.75) is 0 Å². The minimum atomic E-state index is -0.477. The monoisotopic (exact) mass is 309 g/mol. The number of ether oxygens (including phenoxy) is 1. The minimum absolute atomic E-state index is 0.0768. The van der Waals surface area contributed by atoms with Crippen molar-refractivity contribution in [2.24, 2.45) is 0 Å². The van der Waals surface area contributed by atoms with Gasteiger partial charge in [-0.15, -0.1) is 0 Å². The summed E-state index contributed by atoms with van der Waals surface area (Å²) in [7, 11) is 1.39. The number of nitrogens with zero attached hydrogens (tertiary/aromatic N) is 2.